The van der Waals surface area contributed by atoms with Crippen molar-refractivity contribution >= 4 is 15.9 Å². The molecule has 0 saturated carbocycles. The van der Waals surface area contributed by atoms with Crippen LogP contribution in [0.2, 0.25) is 0 Å². The molecular weight excluding hydrogens is 314 g/mol. The Kier molecular flexibility index (Phi) is 7.67. The number of hydrogen-bond donors (Lipinski definition) is 1. The first kappa shape index (κ1) is 19.6. The number of rotatable bonds is 9. The molecule has 0 aliphatic heterocycles. The highest BCUT2D eigenvalue weighted by atomic mass is 32.2. The lowest BCUT2D eigenvalue weighted by Crippen LogP contribution is -2.40. The standard InChI is InChI=1S/C16H27N3O3S/c1-14-8-5-6-9-15(14)12-19(23(4,21)22)13-16(20)17-10-7-11-18(2)3/h5-6,8-9H,7,10-13H2,1-4H3,(H,17,20). The molecule has 1 amide bonds. The van der Waals surface area contributed by atoms with Gasteiger partial charge in [-0.1, -0.05) is 24.3 Å². The number of carbonyl (C=O) groups excluding carboxylic acids is 1. The van der Waals surface area contributed by atoms with Crippen LogP contribution in [0.1, 0.15) is 17.5 Å². The van der Waals surface area contributed by atoms with Crippen LogP contribution in [-0.4, -0.2) is 63.5 Å². The Morgan fingerprint density at radius 1 is 1.22 bits per heavy atom. The molecule has 7 heteroatoms. The molecule has 0 radical (unpaired) electrons. The zero-order valence-corrected chi connectivity index (χ0v) is 15.2. The van der Waals surface area contributed by atoms with E-state index >= 15 is 0 Å². The first-order valence-corrected chi connectivity index (χ1v) is 9.46. The zero-order chi connectivity index (χ0) is 17.5. The Labute approximate surface area is 139 Å². The fourth-order valence-electron chi connectivity index (χ4n) is 2.11. The SMILES string of the molecule is Cc1ccccc1CN(CC(=O)NCCCN(C)C)S(C)(=O)=O. The van der Waals surface area contributed by atoms with E-state index in [9.17, 15) is 13.2 Å². The van der Waals surface area contributed by atoms with E-state index in [4.69, 9.17) is 0 Å². The minimum Gasteiger partial charge on any atom is -0.355 e. The van der Waals surface area contributed by atoms with Crippen molar-refractivity contribution in [2.24, 2.45) is 0 Å². The summed E-state index contributed by atoms with van der Waals surface area (Å²) in [4.78, 5) is 14.0. The summed E-state index contributed by atoms with van der Waals surface area (Å²) in [5, 5.41) is 2.77. The van der Waals surface area contributed by atoms with Crippen LogP contribution in [0.15, 0.2) is 24.3 Å². The van der Waals surface area contributed by atoms with Crippen molar-refractivity contribution in [3.63, 3.8) is 0 Å². The van der Waals surface area contributed by atoms with Gasteiger partial charge in [-0.15, -0.1) is 0 Å². The van der Waals surface area contributed by atoms with E-state index in [0.29, 0.717) is 6.54 Å². The first-order chi connectivity index (χ1) is 10.7. The maximum absolute atomic E-state index is 12.0. The average Bonchev–Trinajstić information content (AvgIpc) is 2.44. The molecule has 6 nitrogen and oxygen atoms in total. The van der Waals surface area contributed by atoms with Crippen LogP contribution < -0.4 is 5.32 Å². The lowest BCUT2D eigenvalue weighted by molar-refractivity contribution is -0.121. The Morgan fingerprint density at radius 2 is 1.87 bits per heavy atom. The molecular formula is C16H27N3O3S. The molecule has 0 unspecified atom stereocenters. The van der Waals surface area contributed by atoms with Gasteiger partial charge in [-0.05, 0) is 45.1 Å². The summed E-state index contributed by atoms with van der Waals surface area (Å²) < 4.78 is 25.1. The topological polar surface area (TPSA) is 69.7 Å². The predicted octanol–water partition coefficient (Wildman–Crippen LogP) is 0.825. The van der Waals surface area contributed by atoms with E-state index in [1.807, 2.05) is 50.2 Å². The maximum atomic E-state index is 12.0. The second-order valence-electron chi connectivity index (χ2n) is 5.96. The van der Waals surface area contributed by atoms with E-state index in [1.54, 1.807) is 0 Å². The van der Waals surface area contributed by atoms with Gasteiger partial charge in [-0.25, -0.2) is 8.42 Å². The molecule has 0 heterocycles. The van der Waals surface area contributed by atoms with Gasteiger partial charge < -0.3 is 10.2 Å². The van der Waals surface area contributed by atoms with Crippen LogP contribution in [0.4, 0.5) is 0 Å². The molecule has 130 valence electrons. The maximum Gasteiger partial charge on any atom is 0.235 e. The summed E-state index contributed by atoms with van der Waals surface area (Å²) in [6.07, 6.45) is 1.96. The summed E-state index contributed by atoms with van der Waals surface area (Å²) in [5.74, 6) is -0.275. The Bertz CT molecular complexity index is 615. The summed E-state index contributed by atoms with van der Waals surface area (Å²) in [5.41, 5.74) is 1.91. The van der Waals surface area contributed by atoms with Gasteiger partial charge in [0.15, 0.2) is 0 Å². The largest absolute Gasteiger partial charge is 0.355 e. The van der Waals surface area contributed by atoms with Crippen LogP contribution in [-0.2, 0) is 21.4 Å². The molecule has 0 spiro atoms. The zero-order valence-electron chi connectivity index (χ0n) is 14.4. The summed E-state index contributed by atoms with van der Waals surface area (Å²) in [6.45, 7) is 3.39. The number of hydrogen-bond acceptors (Lipinski definition) is 4. The fourth-order valence-corrected chi connectivity index (χ4v) is 2.83. The van der Waals surface area contributed by atoms with Crippen molar-refractivity contribution in [2.75, 3.05) is 40.0 Å². The molecule has 23 heavy (non-hydrogen) atoms. The number of carbonyl (C=O) groups is 1. The van der Waals surface area contributed by atoms with E-state index in [1.165, 1.54) is 4.31 Å². The second-order valence-corrected chi connectivity index (χ2v) is 7.95. The number of nitrogens with zero attached hydrogens (tertiary/aromatic N) is 2. The van der Waals surface area contributed by atoms with Crippen molar-refractivity contribution in [2.45, 2.75) is 19.9 Å². The fraction of sp³-hybridized carbons (Fsp3) is 0.562. The third-order valence-electron chi connectivity index (χ3n) is 3.50. The van der Waals surface area contributed by atoms with Crippen molar-refractivity contribution in [3.05, 3.63) is 35.4 Å². The highest BCUT2D eigenvalue weighted by molar-refractivity contribution is 7.88. The van der Waals surface area contributed by atoms with Crippen molar-refractivity contribution in [1.29, 1.82) is 0 Å². The molecule has 0 aliphatic rings. The third-order valence-corrected chi connectivity index (χ3v) is 4.70. The van der Waals surface area contributed by atoms with Gasteiger partial charge in [0, 0.05) is 13.1 Å². The highest BCUT2D eigenvalue weighted by Gasteiger charge is 2.20. The Hall–Kier alpha value is -1.44. The number of aryl methyl sites for hydroxylation is 1. The molecule has 0 bridgehead atoms. The summed E-state index contributed by atoms with van der Waals surface area (Å²) in [7, 11) is 0.481. The molecule has 1 N–H and O–H groups in total. The van der Waals surface area contributed by atoms with Crippen molar-refractivity contribution in [3.8, 4) is 0 Å². The van der Waals surface area contributed by atoms with Gasteiger partial charge >= 0.3 is 0 Å². The predicted molar refractivity (Wildman–Crippen MR) is 92.6 cm³/mol. The molecule has 1 rings (SSSR count). The van der Waals surface area contributed by atoms with Crippen LogP contribution in [0.3, 0.4) is 0 Å². The van der Waals surface area contributed by atoms with E-state index in [0.717, 1.165) is 30.3 Å². The molecule has 1 aromatic carbocycles. The summed E-state index contributed by atoms with van der Waals surface area (Å²) in [6, 6.07) is 7.57. The molecule has 0 saturated heterocycles. The Balaban J connectivity index is 2.62. The van der Waals surface area contributed by atoms with Gasteiger partial charge in [0.25, 0.3) is 0 Å². The third kappa shape index (κ3) is 7.58. The van der Waals surface area contributed by atoms with Gasteiger partial charge in [0.2, 0.25) is 15.9 Å². The van der Waals surface area contributed by atoms with E-state index < -0.39 is 10.0 Å². The summed E-state index contributed by atoms with van der Waals surface area (Å²) >= 11 is 0. The Morgan fingerprint density at radius 3 is 2.43 bits per heavy atom. The quantitative estimate of drug-likeness (QED) is 0.675. The monoisotopic (exact) mass is 341 g/mol. The average molecular weight is 341 g/mol. The molecule has 0 atom stereocenters. The van der Waals surface area contributed by atoms with E-state index in [2.05, 4.69) is 5.32 Å². The molecule has 0 fully saturated rings. The highest BCUT2D eigenvalue weighted by Crippen LogP contribution is 2.12. The molecule has 0 aliphatic carbocycles. The number of benzene rings is 1. The van der Waals surface area contributed by atoms with Crippen LogP contribution >= 0.6 is 0 Å². The second kappa shape index (κ2) is 9.00. The number of nitrogens with one attached hydrogen (secondary N) is 1. The number of amides is 1. The number of sulfonamides is 1. The van der Waals surface area contributed by atoms with Crippen LogP contribution in [0.25, 0.3) is 0 Å². The lowest BCUT2D eigenvalue weighted by Gasteiger charge is -2.20. The molecule has 1 aromatic rings. The van der Waals surface area contributed by atoms with Crippen molar-refractivity contribution < 1.29 is 13.2 Å². The van der Waals surface area contributed by atoms with E-state index in [-0.39, 0.29) is 19.0 Å². The lowest BCUT2D eigenvalue weighted by atomic mass is 10.1. The smallest absolute Gasteiger partial charge is 0.235 e. The minimum atomic E-state index is -3.45. The van der Waals surface area contributed by atoms with Crippen LogP contribution in [0, 0.1) is 6.92 Å². The van der Waals surface area contributed by atoms with Gasteiger partial charge in [-0.3, -0.25) is 4.79 Å². The molecule has 0 aromatic heterocycles. The van der Waals surface area contributed by atoms with Gasteiger partial charge in [-0.2, -0.15) is 4.31 Å². The normalized spacial score (nSPS) is 11.9. The van der Waals surface area contributed by atoms with Crippen molar-refractivity contribution in [1.82, 2.24) is 14.5 Å². The van der Waals surface area contributed by atoms with Gasteiger partial charge in [0.05, 0.1) is 12.8 Å². The van der Waals surface area contributed by atoms with Crippen LogP contribution in [0.5, 0.6) is 0 Å². The first-order valence-electron chi connectivity index (χ1n) is 7.61. The minimum absolute atomic E-state index is 0.158. The van der Waals surface area contributed by atoms with Gasteiger partial charge in [0.1, 0.15) is 0 Å².